The minimum atomic E-state index is -0.185. The molecule has 1 aromatic rings. The van der Waals surface area contributed by atoms with E-state index in [1.54, 1.807) is 19.1 Å². The van der Waals surface area contributed by atoms with Crippen molar-refractivity contribution in [3.63, 3.8) is 0 Å². The maximum Gasteiger partial charge on any atom is 0.126 e. The van der Waals surface area contributed by atoms with Gasteiger partial charge in [-0.2, -0.15) is 0 Å². The van der Waals surface area contributed by atoms with E-state index in [0.29, 0.717) is 24.1 Å². The van der Waals surface area contributed by atoms with E-state index in [1.807, 2.05) is 0 Å². The molecule has 0 spiro atoms. The second kappa shape index (κ2) is 4.42. The number of rotatable bonds is 5. The number of halogens is 1. The first-order chi connectivity index (χ1) is 7.65. The number of hydrogen-bond donors (Lipinski definition) is 1. The lowest BCUT2D eigenvalue weighted by atomic mass is 10.0. The molecule has 0 aliphatic heterocycles. The molecule has 1 aliphatic rings. The molecule has 88 valence electrons. The Balaban J connectivity index is 1.92. The van der Waals surface area contributed by atoms with Crippen LogP contribution in [0.2, 0.25) is 0 Å². The smallest absolute Gasteiger partial charge is 0.126 e. The van der Waals surface area contributed by atoms with E-state index < -0.39 is 0 Å². The van der Waals surface area contributed by atoms with Crippen molar-refractivity contribution < 1.29 is 9.13 Å². The third-order valence-electron chi connectivity index (χ3n) is 3.31. The molecule has 0 bridgehead atoms. The minimum Gasteiger partial charge on any atom is -0.493 e. The quantitative estimate of drug-likeness (QED) is 0.832. The van der Waals surface area contributed by atoms with Crippen molar-refractivity contribution in [3.8, 4) is 5.75 Å². The van der Waals surface area contributed by atoms with Gasteiger partial charge in [0.15, 0.2) is 0 Å². The molecular weight excluding hydrogens is 205 g/mol. The molecule has 1 aromatic carbocycles. The van der Waals surface area contributed by atoms with Crippen LogP contribution in [-0.4, -0.2) is 13.2 Å². The van der Waals surface area contributed by atoms with Gasteiger partial charge in [-0.3, -0.25) is 0 Å². The van der Waals surface area contributed by atoms with Crippen LogP contribution in [0.5, 0.6) is 5.75 Å². The second-order valence-electron chi connectivity index (χ2n) is 4.74. The summed E-state index contributed by atoms with van der Waals surface area (Å²) in [5.41, 5.74) is 6.49. The first-order valence-electron chi connectivity index (χ1n) is 5.74. The van der Waals surface area contributed by atoms with Crippen molar-refractivity contribution in [1.82, 2.24) is 0 Å². The summed E-state index contributed by atoms with van der Waals surface area (Å²) in [5.74, 6) is 0.567. The molecule has 3 heteroatoms. The van der Waals surface area contributed by atoms with Crippen LogP contribution >= 0.6 is 0 Å². The van der Waals surface area contributed by atoms with Crippen molar-refractivity contribution in [2.75, 3.05) is 13.2 Å². The summed E-state index contributed by atoms with van der Waals surface area (Å²) in [5, 5.41) is 0. The maximum atomic E-state index is 13.0. The summed E-state index contributed by atoms with van der Waals surface area (Å²) in [6, 6.07) is 4.88. The van der Waals surface area contributed by atoms with Crippen molar-refractivity contribution in [1.29, 1.82) is 0 Å². The van der Waals surface area contributed by atoms with Gasteiger partial charge >= 0.3 is 0 Å². The molecule has 1 fully saturated rings. The van der Waals surface area contributed by atoms with E-state index in [1.165, 1.54) is 18.9 Å². The summed E-state index contributed by atoms with van der Waals surface area (Å²) < 4.78 is 18.7. The van der Waals surface area contributed by atoms with Crippen molar-refractivity contribution in [2.24, 2.45) is 11.1 Å². The van der Waals surface area contributed by atoms with Gasteiger partial charge in [0.25, 0.3) is 0 Å². The fraction of sp³-hybridized carbons (Fsp3) is 0.538. The average Bonchev–Trinajstić information content (AvgIpc) is 3.01. The summed E-state index contributed by atoms with van der Waals surface area (Å²) in [4.78, 5) is 0. The standard InChI is InChI=1S/C13H18FNO/c1-10-8-11(2-3-12(10)14)16-9-13(4-5-13)6-7-15/h2-3,8H,4-7,9,15H2,1H3. The molecule has 0 unspecified atom stereocenters. The molecule has 0 aromatic heterocycles. The van der Waals surface area contributed by atoms with E-state index in [2.05, 4.69) is 0 Å². The number of hydrogen-bond acceptors (Lipinski definition) is 2. The predicted octanol–water partition coefficient (Wildman–Crippen LogP) is 2.64. The van der Waals surface area contributed by atoms with Crippen LogP contribution in [0.1, 0.15) is 24.8 Å². The zero-order valence-corrected chi connectivity index (χ0v) is 9.63. The molecular formula is C13H18FNO. The van der Waals surface area contributed by atoms with E-state index in [9.17, 15) is 4.39 Å². The minimum absolute atomic E-state index is 0.185. The molecule has 16 heavy (non-hydrogen) atoms. The van der Waals surface area contributed by atoms with Gasteiger partial charge in [-0.1, -0.05) is 0 Å². The third-order valence-corrected chi connectivity index (χ3v) is 3.31. The zero-order valence-electron chi connectivity index (χ0n) is 9.63. The molecule has 0 saturated heterocycles. The molecule has 0 radical (unpaired) electrons. The predicted molar refractivity (Wildman–Crippen MR) is 62.0 cm³/mol. The Labute approximate surface area is 95.6 Å². The number of nitrogens with two attached hydrogens (primary N) is 1. The van der Waals surface area contributed by atoms with Crippen molar-refractivity contribution in [3.05, 3.63) is 29.6 Å². The molecule has 2 nitrogen and oxygen atoms in total. The largest absolute Gasteiger partial charge is 0.493 e. The molecule has 2 N–H and O–H groups in total. The highest BCUT2D eigenvalue weighted by Crippen LogP contribution is 2.48. The number of benzene rings is 1. The Hall–Kier alpha value is -1.09. The average molecular weight is 223 g/mol. The van der Waals surface area contributed by atoms with Gasteiger partial charge in [0.1, 0.15) is 11.6 Å². The van der Waals surface area contributed by atoms with Gasteiger partial charge in [0.2, 0.25) is 0 Å². The van der Waals surface area contributed by atoms with Gasteiger partial charge in [-0.15, -0.1) is 0 Å². The third kappa shape index (κ3) is 2.53. The molecule has 1 aliphatic carbocycles. The molecule has 0 atom stereocenters. The summed E-state index contributed by atoms with van der Waals surface area (Å²) >= 11 is 0. The van der Waals surface area contributed by atoms with Gasteiger partial charge in [0, 0.05) is 5.41 Å². The van der Waals surface area contributed by atoms with Crippen molar-refractivity contribution >= 4 is 0 Å². The Kier molecular flexibility index (Phi) is 3.15. The van der Waals surface area contributed by atoms with Gasteiger partial charge in [-0.25, -0.2) is 4.39 Å². The molecule has 0 heterocycles. The highest BCUT2D eigenvalue weighted by atomic mass is 19.1. The highest BCUT2D eigenvalue weighted by Gasteiger charge is 2.42. The van der Waals surface area contributed by atoms with E-state index in [4.69, 9.17) is 10.5 Å². The monoisotopic (exact) mass is 223 g/mol. The van der Waals surface area contributed by atoms with Crippen LogP contribution in [-0.2, 0) is 0 Å². The lowest BCUT2D eigenvalue weighted by molar-refractivity contribution is 0.226. The molecule has 0 amide bonds. The number of ether oxygens (including phenoxy) is 1. The van der Waals surface area contributed by atoms with E-state index in [-0.39, 0.29) is 5.82 Å². The van der Waals surface area contributed by atoms with Crippen molar-refractivity contribution in [2.45, 2.75) is 26.2 Å². The van der Waals surface area contributed by atoms with Gasteiger partial charge in [-0.05, 0) is 56.5 Å². The fourth-order valence-corrected chi connectivity index (χ4v) is 1.89. The first kappa shape index (κ1) is 11.4. The summed E-state index contributed by atoms with van der Waals surface area (Å²) in [7, 11) is 0. The summed E-state index contributed by atoms with van der Waals surface area (Å²) in [6.45, 7) is 3.16. The topological polar surface area (TPSA) is 35.2 Å². The summed E-state index contributed by atoms with van der Waals surface area (Å²) in [6.07, 6.45) is 3.42. The maximum absolute atomic E-state index is 13.0. The Bertz CT molecular complexity index is 374. The Morgan fingerprint density at radius 3 is 2.75 bits per heavy atom. The van der Waals surface area contributed by atoms with Crippen LogP contribution in [0.3, 0.4) is 0 Å². The fourth-order valence-electron chi connectivity index (χ4n) is 1.89. The van der Waals surface area contributed by atoms with E-state index in [0.717, 1.165) is 12.2 Å². The van der Waals surface area contributed by atoms with E-state index >= 15 is 0 Å². The van der Waals surface area contributed by atoms with Crippen LogP contribution in [0, 0.1) is 18.2 Å². The van der Waals surface area contributed by atoms with Crippen LogP contribution in [0.25, 0.3) is 0 Å². The molecule has 2 rings (SSSR count). The second-order valence-corrected chi connectivity index (χ2v) is 4.74. The SMILES string of the molecule is Cc1cc(OCC2(CCN)CC2)ccc1F. The lowest BCUT2D eigenvalue weighted by Gasteiger charge is -2.15. The zero-order chi connectivity index (χ0) is 11.6. The van der Waals surface area contributed by atoms with Crippen LogP contribution in [0.15, 0.2) is 18.2 Å². The van der Waals surface area contributed by atoms with Gasteiger partial charge in [0.05, 0.1) is 6.61 Å². The first-order valence-corrected chi connectivity index (χ1v) is 5.74. The van der Waals surface area contributed by atoms with Gasteiger partial charge < -0.3 is 10.5 Å². The lowest BCUT2D eigenvalue weighted by Crippen LogP contribution is -2.17. The Morgan fingerprint density at radius 2 is 2.19 bits per heavy atom. The normalized spacial score (nSPS) is 17.2. The molecule has 1 saturated carbocycles. The number of aryl methyl sites for hydroxylation is 1. The van der Waals surface area contributed by atoms with Crippen LogP contribution in [0.4, 0.5) is 4.39 Å². The highest BCUT2D eigenvalue weighted by molar-refractivity contribution is 5.29. The Morgan fingerprint density at radius 1 is 1.44 bits per heavy atom. The van der Waals surface area contributed by atoms with Crippen LogP contribution < -0.4 is 10.5 Å².